The molecule has 3 nitrogen and oxygen atoms in total. The predicted molar refractivity (Wildman–Crippen MR) is 77.1 cm³/mol. The van der Waals surface area contributed by atoms with Crippen molar-refractivity contribution in [3.05, 3.63) is 23.8 Å². The van der Waals surface area contributed by atoms with Gasteiger partial charge in [0.05, 0.1) is 12.7 Å². The Bertz CT molecular complexity index is 420. The van der Waals surface area contributed by atoms with Crippen molar-refractivity contribution in [2.24, 2.45) is 0 Å². The zero-order chi connectivity index (χ0) is 14.4. The summed E-state index contributed by atoms with van der Waals surface area (Å²) in [6.07, 6.45) is 3.79. The number of ether oxygens (including phenoxy) is 1. The van der Waals surface area contributed by atoms with Crippen LogP contribution in [0, 0.1) is 0 Å². The van der Waals surface area contributed by atoms with Crippen LogP contribution in [-0.4, -0.2) is 19.3 Å². The number of nitrogens with two attached hydrogens (primary N) is 1. The van der Waals surface area contributed by atoms with Crippen molar-refractivity contribution >= 4 is 11.4 Å². The summed E-state index contributed by atoms with van der Waals surface area (Å²) in [5, 5.41) is 3.00. The molecule has 0 heterocycles. The quantitative estimate of drug-likeness (QED) is 0.614. The van der Waals surface area contributed by atoms with Gasteiger partial charge in [0.25, 0.3) is 6.43 Å². The molecule has 0 radical (unpaired) electrons. The first-order valence-electron chi connectivity index (χ1n) is 7.20. The van der Waals surface area contributed by atoms with Gasteiger partial charge in [-0.05, 0) is 31.0 Å². The summed E-state index contributed by atoms with van der Waals surface area (Å²) in [7, 11) is 0. The van der Waals surface area contributed by atoms with Crippen molar-refractivity contribution in [1.82, 2.24) is 0 Å². The minimum absolute atomic E-state index is 0.0531. The maximum absolute atomic E-state index is 12.9. The van der Waals surface area contributed by atoms with E-state index >= 15 is 0 Å². The van der Waals surface area contributed by atoms with Crippen molar-refractivity contribution < 1.29 is 13.5 Å². The predicted octanol–water partition coefficient (Wildman–Crippen LogP) is 3.97. The summed E-state index contributed by atoms with van der Waals surface area (Å²) < 4.78 is 31.5. The highest BCUT2D eigenvalue weighted by Gasteiger charge is 2.15. The van der Waals surface area contributed by atoms with Gasteiger partial charge in [-0.15, -0.1) is 0 Å². The van der Waals surface area contributed by atoms with Crippen LogP contribution < -0.4 is 11.1 Å². The van der Waals surface area contributed by atoms with E-state index in [1.165, 1.54) is 25.3 Å². The van der Waals surface area contributed by atoms with Gasteiger partial charge in [0.15, 0.2) is 0 Å². The summed E-state index contributed by atoms with van der Waals surface area (Å²) in [6.45, 7) is 1.07. The SMILES string of the molecule is Nc1ccc(NCCOC2CCCCC2)c(C(F)F)c1. The lowest BCUT2D eigenvalue weighted by Crippen LogP contribution is -2.20. The minimum Gasteiger partial charge on any atom is -0.399 e. The Hall–Kier alpha value is -1.36. The normalized spacial score (nSPS) is 16.6. The fourth-order valence-corrected chi connectivity index (χ4v) is 2.57. The second-order valence-corrected chi connectivity index (χ2v) is 5.20. The molecule has 0 unspecified atom stereocenters. The van der Waals surface area contributed by atoms with Crippen LogP contribution >= 0.6 is 0 Å². The summed E-state index contributed by atoms with van der Waals surface area (Å²) in [4.78, 5) is 0. The van der Waals surface area contributed by atoms with E-state index in [-0.39, 0.29) is 5.56 Å². The van der Waals surface area contributed by atoms with Crippen LogP contribution in [0.5, 0.6) is 0 Å². The molecule has 0 bridgehead atoms. The first-order chi connectivity index (χ1) is 9.66. The van der Waals surface area contributed by atoms with Gasteiger partial charge in [0.2, 0.25) is 0 Å². The Kier molecular flexibility index (Phi) is 5.59. The minimum atomic E-state index is -2.53. The van der Waals surface area contributed by atoms with Crippen LogP contribution in [0.1, 0.15) is 44.1 Å². The topological polar surface area (TPSA) is 47.3 Å². The van der Waals surface area contributed by atoms with Crippen LogP contribution in [0.15, 0.2) is 18.2 Å². The Balaban J connectivity index is 1.78. The van der Waals surface area contributed by atoms with E-state index in [1.807, 2.05) is 0 Å². The van der Waals surface area contributed by atoms with Crippen LogP contribution in [0.25, 0.3) is 0 Å². The third-order valence-corrected chi connectivity index (χ3v) is 3.63. The largest absolute Gasteiger partial charge is 0.399 e. The number of hydrogen-bond donors (Lipinski definition) is 2. The molecular formula is C15H22F2N2O. The van der Waals surface area contributed by atoms with E-state index in [4.69, 9.17) is 10.5 Å². The summed E-state index contributed by atoms with van der Waals surface area (Å²) in [6, 6.07) is 4.53. The maximum atomic E-state index is 12.9. The summed E-state index contributed by atoms with van der Waals surface area (Å²) in [5.41, 5.74) is 6.26. The lowest BCUT2D eigenvalue weighted by Gasteiger charge is -2.22. The van der Waals surface area contributed by atoms with Crippen molar-refractivity contribution in [1.29, 1.82) is 0 Å². The molecule has 2 rings (SSSR count). The molecule has 0 spiro atoms. The number of alkyl halides is 2. The molecule has 112 valence electrons. The Morgan fingerprint density at radius 2 is 2.00 bits per heavy atom. The van der Waals surface area contributed by atoms with Gasteiger partial charge in [-0.3, -0.25) is 0 Å². The second-order valence-electron chi connectivity index (χ2n) is 5.20. The molecule has 0 aromatic heterocycles. The van der Waals surface area contributed by atoms with Crippen molar-refractivity contribution in [3.8, 4) is 0 Å². The third kappa shape index (κ3) is 4.34. The lowest BCUT2D eigenvalue weighted by atomic mass is 9.98. The standard InChI is InChI=1S/C15H22F2N2O/c16-15(17)13-10-11(18)6-7-14(13)19-8-9-20-12-4-2-1-3-5-12/h6-7,10,12,15,19H,1-5,8-9,18H2. The van der Waals surface area contributed by atoms with Gasteiger partial charge in [0, 0.05) is 23.5 Å². The average Bonchev–Trinajstić information content (AvgIpc) is 2.45. The molecular weight excluding hydrogens is 262 g/mol. The average molecular weight is 284 g/mol. The fourth-order valence-electron chi connectivity index (χ4n) is 2.57. The molecule has 1 aromatic carbocycles. The second kappa shape index (κ2) is 7.43. The molecule has 3 N–H and O–H groups in total. The van der Waals surface area contributed by atoms with E-state index < -0.39 is 6.43 Å². The van der Waals surface area contributed by atoms with Crippen molar-refractivity contribution in [2.75, 3.05) is 24.2 Å². The maximum Gasteiger partial charge on any atom is 0.265 e. The van der Waals surface area contributed by atoms with E-state index in [0.717, 1.165) is 12.8 Å². The van der Waals surface area contributed by atoms with E-state index in [9.17, 15) is 8.78 Å². The van der Waals surface area contributed by atoms with Crippen LogP contribution in [-0.2, 0) is 4.74 Å². The summed E-state index contributed by atoms with van der Waals surface area (Å²) in [5.74, 6) is 0. The molecule has 1 fully saturated rings. The van der Waals surface area contributed by atoms with Gasteiger partial charge in [-0.25, -0.2) is 8.78 Å². The zero-order valence-corrected chi connectivity index (χ0v) is 11.6. The van der Waals surface area contributed by atoms with Crippen LogP contribution in [0.4, 0.5) is 20.2 Å². The van der Waals surface area contributed by atoms with Gasteiger partial charge >= 0.3 is 0 Å². The molecule has 0 atom stereocenters. The van der Waals surface area contributed by atoms with E-state index in [0.29, 0.717) is 30.6 Å². The molecule has 0 amide bonds. The van der Waals surface area contributed by atoms with Crippen LogP contribution in [0.2, 0.25) is 0 Å². The highest BCUT2D eigenvalue weighted by Crippen LogP contribution is 2.28. The first-order valence-corrected chi connectivity index (χ1v) is 7.20. The van der Waals surface area contributed by atoms with Crippen LogP contribution in [0.3, 0.4) is 0 Å². The zero-order valence-electron chi connectivity index (χ0n) is 11.6. The Labute approximate surface area is 118 Å². The molecule has 5 heteroatoms. The van der Waals surface area contributed by atoms with Gasteiger partial charge in [0.1, 0.15) is 0 Å². The monoisotopic (exact) mass is 284 g/mol. The van der Waals surface area contributed by atoms with Gasteiger partial charge in [-0.2, -0.15) is 0 Å². The van der Waals surface area contributed by atoms with Gasteiger partial charge in [-0.1, -0.05) is 19.3 Å². The lowest BCUT2D eigenvalue weighted by molar-refractivity contribution is 0.0347. The molecule has 0 aliphatic heterocycles. The number of anilines is 2. The number of rotatable bonds is 6. The number of nitrogen functional groups attached to an aromatic ring is 1. The summed E-state index contributed by atoms with van der Waals surface area (Å²) >= 11 is 0. The van der Waals surface area contributed by atoms with Crippen molar-refractivity contribution in [2.45, 2.75) is 44.6 Å². The van der Waals surface area contributed by atoms with Crippen molar-refractivity contribution in [3.63, 3.8) is 0 Å². The molecule has 1 aliphatic rings. The molecule has 20 heavy (non-hydrogen) atoms. The molecule has 1 aromatic rings. The first kappa shape index (κ1) is 15.0. The smallest absolute Gasteiger partial charge is 0.265 e. The highest BCUT2D eigenvalue weighted by molar-refractivity contribution is 5.58. The van der Waals surface area contributed by atoms with E-state index in [1.54, 1.807) is 12.1 Å². The number of halogens is 2. The molecule has 1 aliphatic carbocycles. The highest BCUT2D eigenvalue weighted by atomic mass is 19.3. The Morgan fingerprint density at radius 1 is 1.25 bits per heavy atom. The number of nitrogens with one attached hydrogen (secondary N) is 1. The molecule has 0 saturated heterocycles. The van der Waals surface area contributed by atoms with Gasteiger partial charge < -0.3 is 15.8 Å². The van der Waals surface area contributed by atoms with E-state index in [2.05, 4.69) is 5.32 Å². The molecule has 1 saturated carbocycles. The third-order valence-electron chi connectivity index (χ3n) is 3.63. The Morgan fingerprint density at radius 3 is 2.70 bits per heavy atom. The fraction of sp³-hybridized carbons (Fsp3) is 0.600. The number of hydrogen-bond acceptors (Lipinski definition) is 3. The number of benzene rings is 1.